The molecule has 336 valence electrons. The number of amides is 2. The number of carbonyl (C=O) groups is 3. The minimum absolute atomic E-state index is 0.0298. The van der Waals surface area contributed by atoms with Crippen molar-refractivity contribution in [3.8, 4) is 11.3 Å². The van der Waals surface area contributed by atoms with Crippen LogP contribution in [-0.4, -0.2) is 121 Å². The zero-order valence-corrected chi connectivity index (χ0v) is 36.2. The highest BCUT2D eigenvalue weighted by Crippen LogP contribution is 2.33. The molecule has 0 spiro atoms. The molecule has 8 rings (SSSR count). The van der Waals surface area contributed by atoms with Gasteiger partial charge in [0.05, 0.1) is 38.2 Å². The van der Waals surface area contributed by atoms with Crippen LogP contribution < -0.4 is 22.1 Å². The van der Waals surface area contributed by atoms with E-state index >= 15 is 0 Å². The molecule has 1 atom stereocenters. The Bertz CT molecular complexity index is 2590. The molecule has 1 saturated heterocycles. The van der Waals surface area contributed by atoms with Crippen molar-refractivity contribution in [1.29, 1.82) is 0 Å². The smallest absolute Gasteiger partial charge is 0.292 e. The number of benzene rings is 2. The van der Waals surface area contributed by atoms with Crippen LogP contribution in [0, 0.1) is 5.92 Å². The second-order valence-electron chi connectivity index (χ2n) is 16.5. The Balaban J connectivity index is 0.697. The quantitative estimate of drug-likeness (QED) is 0.0985. The molecular formula is C45H55N13O6. The summed E-state index contributed by atoms with van der Waals surface area (Å²) in [5, 5.41) is 5.58. The Morgan fingerprint density at radius 1 is 0.812 bits per heavy atom. The summed E-state index contributed by atoms with van der Waals surface area (Å²) in [6.07, 6.45) is 7.66. The highest BCUT2D eigenvalue weighted by Gasteiger charge is 2.25. The van der Waals surface area contributed by atoms with E-state index < -0.39 is 0 Å². The summed E-state index contributed by atoms with van der Waals surface area (Å²) in [6, 6.07) is 12.0. The Kier molecular flexibility index (Phi) is 14.0. The van der Waals surface area contributed by atoms with Crippen LogP contribution in [0.5, 0.6) is 0 Å². The van der Waals surface area contributed by atoms with Crippen LogP contribution in [0.15, 0.2) is 59.5 Å². The second-order valence-corrected chi connectivity index (χ2v) is 16.5. The van der Waals surface area contributed by atoms with Gasteiger partial charge in [0.2, 0.25) is 17.8 Å². The molecule has 0 aliphatic carbocycles. The number of fused-ring (bicyclic) bond motifs is 3. The first kappa shape index (κ1) is 44.1. The van der Waals surface area contributed by atoms with Crippen LogP contribution in [-0.2, 0) is 49.9 Å². The number of nitrogens with two attached hydrogens (primary N) is 3. The van der Waals surface area contributed by atoms with Gasteiger partial charge in [0.25, 0.3) is 6.01 Å². The second kappa shape index (κ2) is 20.3. The molecule has 0 bridgehead atoms. The third-order valence-electron chi connectivity index (χ3n) is 11.7. The summed E-state index contributed by atoms with van der Waals surface area (Å²) in [6.45, 7) is 8.00. The molecule has 2 aromatic carbocycles. The van der Waals surface area contributed by atoms with E-state index in [9.17, 15) is 14.4 Å². The third kappa shape index (κ3) is 10.6. The number of Topliss-reactive ketones (excluding diaryl/α,β-unsaturated/α-hetero) is 1. The van der Waals surface area contributed by atoms with E-state index in [2.05, 4.69) is 48.0 Å². The van der Waals surface area contributed by atoms with Crippen LogP contribution >= 0.6 is 0 Å². The van der Waals surface area contributed by atoms with Crippen LogP contribution in [0.25, 0.3) is 33.4 Å². The molecule has 19 nitrogen and oxygen atoms in total. The van der Waals surface area contributed by atoms with E-state index in [1.54, 1.807) is 18.5 Å². The molecule has 2 amide bonds. The van der Waals surface area contributed by atoms with Crippen LogP contribution in [0.2, 0.25) is 0 Å². The fourth-order valence-electron chi connectivity index (χ4n) is 8.30. The average molecular weight is 874 g/mol. The lowest BCUT2D eigenvalue weighted by Gasteiger charge is -2.35. The van der Waals surface area contributed by atoms with E-state index in [4.69, 9.17) is 36.2 Å². The predicted molar refractivity (Wildman–Crippen MR) is 239 cm³/mol. The van der Waals surface area contributed by atoms with E-state index in [1.165, 1.54) is 11.9 Å². The van der Waals surface area contributed by atoms with E-state index in [-0.39, 0.29) is 36.0 Å². The summed E-state index contributed by atoms with van der Waals surface area (Å²) >= 11 is 0. The first-order chi connectivity index (χ1) is 31.1. The zero-order chi connectivity index (χ0) is 44.6. The van der Waals surface area contributed by atoms with Crippen molar-refractivity contribution >= 4 is 57.5 Å². The number of aromatic nitrogens is 7. The topological polar surface area (TPSA) is 253 Å². The van der Waals surface area contributed by atoms with Crippen LogP contribution in [0.4, 0.5) is 17.8 Å². The molecule has 0 saturated carbocycles. The number of piperazine rings is 1. The maximum absolute atomic E-state index is 13.1. The lowest BCUT2D eigenvalue weighted by Crippen LogP contribution is -2.49. The first-order valence-electron chi connectivity index (χ1n) is 21.8. The lowest BCUT2D eigenvalue weighted by atomic mass is 9.97. The number of nitrogen functional groups attached to an aromatic ring is 2. The molecule has 19 heteroatoms. The lowest BCUT2D eigenvalue weighted by molar-refractivity contribution is -0.134. The summed E-state index contributed by atoms with van der Waals surface area (Å²) in [4.78, 5) is 66.2. The molecule has 2 aliphatic rings. The summed E-state index contributed by atoms with van der Waals surface area (Å²) < 4.78 is 18.7. The normalized spacial score (nSPS) is 14.6. The predicted octanol–water partition coefficient (Wildman–Crippen LogP) is 3.52. The fourth-order valence-corrected chi connectivity index (χ4v) is 8.30. The first-order valence-corrected chi connectivity index (χ1v) is 21.8. The number of hydrogen-bond donors (Lipinski definition) is 3. The molecule has 1 fully saturated rings. The van der Waals surface area contributed by atoms with Gasteiger partial charge in [-0.25, -0.2) is 24.6 Å². The third-order valence-corrected chi connectivity index (χ3v) is 11.7. The number of nitrogens with zero attached hydrogens (tertiary/aromatic N) is 10. The fraction of sp³-hybridized carbons (Fsp3) is 0.444. The van der Waals surface area contributed by atoms with E-state index in [0.29, 0.717) is 144 Å². The Morgan fingerprint density at radius 3 is 2.41 bits per heavy atom. The van der Waals surface area contributed by atoms with E-state index in [0.717, 1.165) is 28.7 Å². The summed E-state index contributed by atoms with van der Waals surface area (Å²) in [7, 11) is 0. The van der Waals surface area contributed by atoms with Crippen molar-refractivity contribution in [2.24, 2.45) is 11.7 Å². The highest BCUT2D eigenvalue weighted by molar-refractivity contribution is 5.99. The number of carbonyl (C=O) groups excluding carboxylic acids is 3. The maximum Gasteiger partial charge on any atom is 0.292 e. The van der Waals surface area contributed by atoms with Gasteiger partial charge in [0.15, 0.2) is 11.2 Å². The summed E-state index contributed by atoms with van der Waals surface area (Å²) in [5.41, 5.74) is 25.2. The minimum atomic E-state index is -0.0298. The number of hydrogen-bond acceptors (Lipinski definition) is 16. The number of rotatable bonds is 19. The van der Waals surface area contributed by atoms with Gasteiger partial charge in [0.1, 0.15) is 29.1 Å². The molecule has 1 unspecified atom stereocenters. The molecule has 2 aliphatic heterocycles. The van der Waals surface area contributed by atoms with Gasteiger partial charge >= 0.3 is 0 Å². The standard InChI is InChI=1S/C45H55N13O6/c1-29(20-39(61)55-11-13-56(14-12-55)45-49-24-31(23-46)25-50-45)19-35(59)3-2-15-62-17-18-63-16-9-38(60)57-10-8-32-21-30(4-5-34(32)27-57)26-58-43-40(42(47)51-28-52-43)41(54-58)33-6-7-37-36(22-33)53-44(48)64-37/h4-7,21-22,24-25,28-29H,2-3,8-20,23,26-27,46H2,1H3,(H2,48,53)(H2,47,51,52). The Morgan fingerprint density at radius 2 is 1.61 bits per heavy atom. The Hall–Kier alpha value is -6.57. The van der Waals surface area contributed by atoms with Gasteiger partial charge in [-0.15, -0.1) is 0 Å². The van der Waals surface area contributed by atoms with Gasteiger partial charge in [0, 0.05) is 95.2 Å². The number of anilines is 3. The van der Waals surface area contributed by atoms with Crippen LogP contribution in [0.3, 0.4) is 0 Å². The van der Waals surface area contributed by atoms with Crippen molar-refractivity contribution in [3.63, 3.8) is 0 Å². The monoisotopic (exact) mass is 873 g/mol. The summed E-state index contributed by atoms with van der Waals surface area (Å²) in [5.74, 6) is 1.20. The number of oxazole rings is 1. The molecule has 6 heterocycles. The van der Waals surface area contributed by atoms with Crippen molar-refractivity contribution in [2.75, 3.05) is 75.5 Å². The van der Waals surface area contributed by atoms with Crippen LogP contribution in [0.1, 0.15) is 61.3 Å². The largest absolute Gasteiger partial charge is 0.424 e. The van der Waals surface area contributed by atoms with Gasteiger partial charge in [-0.3, -0.25) is 14.4 Å². The molecular weight excluding hydrogens is 819 g/mol. The van der Waals surface area contributed by atoms with Crippen molar-refractivity contribution < 1.29 is 28.3 Å². The molecule has 4 aromatic heterocycles. The maximum atomic E-state index is 13.1. The number of ether oxygens (including phenoxy) is 2. The Labute approximate surface area is 370 Å². The van der Waals surface area contributed by atoms with Gasteiger partial charge in [-0.1, -0.05) is 25.1 Å². The molecule has 64 heavy (non-hydrogen) atoms. The molecule has 6 N–H and O–H groups in total. The SMILES string of the molecule is CC(CC(=O)CCCOCCOCCC(=O)N1CCc2cc(Cn3nc(-c4ccc5oc(N)nc5c4)c4c(N)ncnc43)ccc2C1)CC(=O)N1CCN(c2ncc(CN)cn2)CC1. The molecule has 0 radical (unpaired) electrons. The van der Waals surface area contributed by atoms with E-state index in [1.807, 2.05) is 33.5 Å². The van der Waals surface area contributed by atoms with Gasteiger partial charge < -0.3 is 45.8 Å². The highest BCUT2D eigenvalue weighted by atomic mass is 16.5. The van der Waals surface area contributed by atoms with Gasteiger partial charge in [-0.05, 0) is 53.6 Å². The molecule has 6 aromatic rings. The van der Waals surface area contributed by atoms with Gasteiger partial charge in [-0.2, -0.15) is 10.1 Å². The van der Waals surface area contributed by atoms with Crippen molar-refractivity contribution in [2.45, 2.75) is 65.1 Å². The zero-order valence-electron chi connectivity index (χ0n) is 36.2. The van der Waals surface area contributed by atoms with Crippen molar-refractivity contribution in [3.05, 3.63) is 77.4 Å². The average Bonchev–Trinajstić information content (AvgIpc) is 3.87. The number of ketones is 1. The minimum Gasteiger partial charge on any atom is -0.424 e. The van der Waals surface area contributed by atoms with Crippen molar-refractivity contribution in [1.82, 2.24) is 44.5 Å².